The molecule has 9 heteroatoms. The molecule has 0 aliphatic carbocycles. The molecule has 0 spiro atoms. The monoisotopic (exact) mass is 339 g/mol. The number of hydrogen-bond acceptors (Lipinski definition) is 7. The molecule has 1 rings (SSSR count). The summed E-state index contributed by atoms with van der Waals surface area (Å²) in [7, 11) is 0. The van der Waals surface area contributed by atoms with Gasteiger partial charge in [0.05, 0.1) is 19.8 Å². The average molecular weight is 339 g/mol. The molecular formula is C15H21N3O6. The van der Waals surface area contributed by atoms with E-state index < -0.39 is 43.1 Å². The lowest BCUT2D eigenvalue weighted by Gasteiger charge is -2.20. The largest absolute Gasteiger partial charge is 0.459 e. The van der Waals surface area contributed by atoms with Crippen LogP contribution >= 0.6 is 0 Å². The fraction of sp³-hybridized carbons (Fsp3) is 0.400. The number of rotatable bonds is 9. The number of ether oxygens (including phenoxy) is 1. The number of benzene rings is 1. The number of amides is 2. The van der Waals surface area contributed by atoms with E-state index in [1.807, 2.05) is 6.07 Å². The molecule has 1 aromatic carbocycles. The first-order chi connectivity index (χ1) is 11.5. The van der Waals surface area contributed by atoms with Crippen molar-refractivity contribution in [3.8, 4) is 0 Å². The third-order valence-corrected chi connectivity index (χ3v) is 3.03. The van der Waals surface area contributed by atoms with Crippen molar-refractivity contribution >= 4 is 17.8 Å². The van der Waals surface area contributed by atoms with Gasteiger partial charge in [0.2, 0.25) is 11.8 Å². The van der Waals surface area contributed by atoms with Crippen molar-refractivity contribution in [2.75, 3.05) is 19.8 Å². The first kappa shape index (κ1) is 19.6. The summed E-state index contributed by atoms with van der Waals surface area (Å²) in [6.45, 7) is -1.75. The smallest absolute Gasteiger partial charge is 0.331 e. The van der Waals surface area contributed by atoms with Crippen molar-refractivity contribution in [3.63, 3.8) is 0 Å². The lowest BCUT2D eigenvalue weighted by atomic mass is 10.2. The zero-order valence-electron chi connectivity index (χ0n) is 13.0. The maximum atomic E-state index is 11.9. The molecule has 24 heavy (non-hydrogen) atoms. The third-order valence-electron chi connectivity index (χ3n) is 3.03. The SMILES string of the molecule is NCC(=O)N[C@@H](CO)C(=O)NC(CO)C(=O)OCc1ccccc1. The van der Waals surface area contributed by atoms with Gasteiger partial charge in [-0.1, -0.05) is 30.3 Å². The Morgan fingerprint density at radius 1 is 1.04 bits per heavy atom. The van der Waals surface area contributed by atoms with Crippen LogP contribution in [0.2, 0.25) is 0 Å². The van der Waals surface area contributed by atoms with E-state index in [9.17, 15) is 19.5 Å². The Morgan fingerprint density at radius 3 is 2.21 bits per heavy atom. The molecule has 1 unspecified atom stereocenters. The summed E-state index contributed by atoms with van der Waals surface area (Å²) in [4.78, 5) is 35.0. The molecule has 9 nitrogen and oxygen atoms in total. The van der Waals surface area contributed by atoms with Crippen LogP contribution in [-0.4, -0.2) is 59.8 Å². The van der Waals surface area contributed by atoms with Crippen LogP contribution in [0, 0.1) is 0 Å². The van der Waals surface area contributed by atoms with E-state index in [1.165, 1.54) is 0 Å². The molecule has 0 aromatic heterocycles. The highest BCUT2D eigenvalue weighted by Gasteiger charge is 2.26. The van der Waals surface area contributed by atoms with Gasteiger partial charge in [-0.2, -0.15) is 0 Å². The van der Waals surface area contributed by atoms with Crippen LogP contribution in [0.15, 0.2) is 30.3 Å². The summed E-state index contributed by atoms with van der Waals surface area (Å²) in [5.74, 6) is -2.32. The topological polar surface area (TPSA) is 151 Å². The van der Waals surface area contributed by atoms with E-state index in [0.29, 0.717) is 0 Å². The van der Waals surface area contributed by atoms with Gasteiger partial charge >= 0.3 is 5.97 Å². The minimum Gasteiger partial charge on any atom is -0.459 e. The first-order valence-corrected chi connectivity index (χ1v) is 7.23. The normalized spacial score (nSPS) is 12.8. The quantitative estimate of drug-likeness (QED) is 0.316. The van der Waals surface area contributed by atoms with Crippen LogP contribution in [0.5, 0.6) is 0 Å². The van der Waals surface area contributed by atoms with Crippen molar-refractivity contribution in [1.82, 2.24) is 10.6 Å². The molecule has 0 radical (unpaired) electrons. The molecule has 2 atom stereocenters. The third kappa shape index (κ3) is 6.32. The number of nitrogens with two attached hydrogens (primary N) is 1. The number of aliphatic hydroxyl groups excluding tert-OH is 2. The number of aliphatic hydroxyl groups is 2. The molecule has 0 heterocycles. The van der Waals surface area contributed by atoms with Crippen LogP contribution in [0.4, 0.5) is 0 Å². The van der Waals surface area contributed by atoms with E-state index in [4.69, 9.17) is 15.6 Å². The summed E-state index contributed by atoms with van der Waals surface area (Å²) in [6, 6.07) is 6.28. The molecule has 132 valence electrons. The van der Waals surface area contributed by atoms with Crippen molar-refractivity contribution in [3.05, 3.63) is 35.9 Å². The minimum atomic E-state index is -1.31. The van der Waals surface area contributed by atoms with Gasteiger partial charge < -0.3 is 31.3 Å². The molecule has 1 aromatic rings. The average Bonchev–Trinajstić information content (AvgIpc) is 2.62. The van der Waals surface area contributed by atoms with Crippen molar-refractivity contribution < 1.29 is 29.3 Å². The Balaban J connectivity index is 2.56. The fourth-order valence-corrected chi connectivity index (χ4v) is 1.73. The summed E-state index contributed by atoms with van der Waals surface area (Å²) in [5.41, 5.74) is 5.85. The lowest BCUT2D eigenvalue weighted by molar-refractivity contribution is -0.150. The van der Waals surface area contributed by atoms with Crippen LogP contribution in [-0.2, 0) is 25.7 Å². The second kappa shape index (κ2) is 10.3. The highest BCUT2D eigenvalue weighted by Crippen LogP contribution is 2.02. The van der Waals surface area contributed by atoms with E-state index in [-0.39, 0.29) is 13.2 Å². The van der Waals surface area contributed by atoms with Crippen molar-refractivity contribution in [2.45, 2.75) is 18.7 Å². The molecule has 0 aliphatic rings. The predicted molar refractivity (Wildman–Crippen MR) is 83.3 cm³/mol. The Morgan fingerprint density at radius 2 is 1.67 bits per heavy atom. The second-order valence-corrected chi connectivity index (χ2v) is 4.84. The minimum absolute atomic E-state index is 0.0145. The lowest BCUT2D eigenvalue weighted by Crippen LogP contribution is -2.55. The predicted octanol–water partition coefficient (Wildman–Crippen LogP) is -2.36. The van der Waals surface area contributed by atoms with Crippen LogP contribution in [0.1, 0.15) is 5.56 Å². The Bertz CT molecular complexity index is 551. The maximum Gasteiger partial charge on any atom is 0.331 e. The second-order valence-electron chi connectivity index (χ2n) is 4.84. The molecule has 0 saturated carbocycles. The van der Waals surface area contributed by atoms with Crippen LogP contribution < -0.4 is 16.4 Å². The van der Waals surface area contributed by atoms with E-state index >= 15 is 0 Å². The summed E-state index contributed by atoms with van der Waals surface area (Å²) >= 11 is 0. The van der Waals surface area contributed by atoms with E-state index in [2.05, 4.69) is 10.6 Å². The Labute approximate surface area is 138 Å². The van der Waals surface area contributed by atoms with Gasteiger partial charge in [-0.25, -0.2) is 4.79 Å². The van der Waals surface area contributed by atoms with Gasteiger partial charge in [-0.15, -0.1) is 0 Å². The maximum absolute atomic E-state index is 11.9. The van der Waals surface area contributed by atoms with Crippen molar-refractivity contribution in [1.29, 1.82) is 0 Å². The highest BCUT2D eigenvalue weighted by atomic mass is 16.5. The molecule has 6 N–H and O–H groups in total. The highest BCUT2D eigenvalue weighted by molar-refractivity contribution is 5.91. The standard InChI is InChI=1S/C15H21N3O6/c16-6-13(21)17-11(7-19)14(22)18-12(8-20)15(23)24-9-10-4-2-1-3-5-10/h1-5,11-12,19-20H,6-9,16H2,(H,17,21)(H,18,22)/t11-,12?/m0/s1. The number of carbonyl (C=O) groups is 3. The van der Waals surface area contributed by atoms with Gasteiger partial charge in [0.15, 0.2) is 6.04 Å². The molecule has 2 amide bonds. The number of nitrogens with one attached hydrogen (secondary N) is 2. The molecule has 0 bridgehead atoms. The summed E-state index contributed by atoms with van der Waals surface area (Å²) < 4.78 is 5.01. The molecular weight excluding hydrogens is 318 g/mol. The van der Waals surface area contributed by atoms with Gasteiger partial charge in [0, 0.05) is 0 Å². The molecule has 0 aliphatic heterocycles. The van der Waals surface area contributed by atoms with Gasteiger partial charge in [0.25, 0.3) is 0 Å². The number of esters is 1. The van der Waals surface area contributed by atoms with Crippen LogP contribution in [0.3, 0.4) is 0 Å². The number of carbonyl (C=O) groups excluding carboxylic acids is 3. The zero-order valence-corrected chi connectivity index (χ0v) is 13.0. The van der Waals surface area contributed by atoms with Crippen LogP contribution in [0.25, 0.3) is 0 Å². The molecule has 0 fully saturated rings. The van der Waals surface area contributed by atoms with E-state index in [1.54, 1.807) is 24.3 Å². The van der Waals surface area contributed by atoms with Gasteiger partial charge in [-0.05, 0) is 5.56 Å². The van der Waals surface area contributed by atoms with Gasteiger partial charge in [0.1, 0.15) is 12.6 Å². The summed E-state index contributed by atoms with van der Waals surface area (Å²) in [6.07, 6.45) is 0. The summed E-state index contributed by atoms with van der Waals surface area (Å²) in [5, 5.41) is 22.7. The van der Waals surface area contributed by atoms with E-state index in [0.717, 1.165) is 5.56 Å². The van der Waals surface area contributed by atoms with Gasteiger partial charge in [-0.3, -0.25) is 9.59 Å². The Kier molecular flexibility index (Phi) is 8.41. The van der Waals surface area contributed by atoms with Crippen molar-refractivity contribution in [2.24, 2.45) is 5.73 Å². The zero-order chi connectivity index (χ0) is 17.9. The first-order valence-electron chi connectivity index (χ1n) is 7.23. The Hall–Kier alpha value is -2.49. The molecule has 0 saturated heterocycles. The fourth-order valence-electron chi connectivity index (χ4n) is 1.73. The number of hydrogen-bond donors (Lipinski definition) is 5.